The van der Waals surface area contributed by atoms with E-state index in [1.165, 1.54) is 0 Å². The van der Waals surface area contributed by atoms with Gasteiger partial charge in [0.05, 0.1) is 6.33 Å². The van der Waals surface area contributed by atoms with Gasteiger partial charge >= 0.3 is 0 Å². The number of nitrogens with zero attached hydrogens (tertiary/aromatic N) is 3. The van der Waals surface area contributed by atoms with Crippen LogP contribution in [-0.4, -0.2) is 26.5 Å². The molecular weight excluding hydrogens is 262 g/mol. The molecule has 2 aromatic heterocycles. The number of aromatic amines is 1. The number of hydrogen-bond donors (Lipinski definition) is 2. The number of halogens is 1. The fourth-order valence-corrected chi connectivity index (χ4v) is 2.55. The number of H-pyrrole nitrogens is 1. The Kier molecular flexibility index (Phi) is 4.24. The van der Waals surface area contributed by atoms with Crippen LogP contribution in [0.4, 0.5) is 5.82 Å². The summed E-state index contributed by atoms with van der Waals surface area (Å²) in [5, 5.41) is 3.59. The van der Waals surface area contributed by atoms with Gasteiger partial charge in [-0.15, -0.1) is 0 Å². The molecule has 0 aromatic carbocycles. The van der Waals surface area contributed by atoms with Crippen LogP contribution in [0.2, 0.25) is 5.28 Å². The highest BCUT2D eigenvalue weighted by Gasteiger charge is 2.18. The van der Waals surface area contributed by atoms with E-state index in [2.05, 4.69) is 52.9 Å². The Morgan fingerprint density at radius 2 is 1.89 bits per heavy atom. The SMILES string of the molecule is CC(C)C(CNc1nc(Cl)nc2nc[nH]c12)C(C)C. The molecule has 0 atom stereocenters. The summed E-state index contributed by atoms with van der Waals surface area (Å²) in [7, 11) is 0. The van der Waals surface area contributed by atoms with Crippen LogP contribution in [0.1, 0.15) is 27.7 Å². The van der Waals surface area contributed by atoms with Crippen molar-refractivity contribution in [3.8, 4) is 0 Å². The molecule has 2 rings (SSSR count). The predicted molar refractivity (Wildman–Crippen MR) is 78.3 cm³/mol. The quantitative estimate of drug-likeness (QED) is 0.825. The minimum atomic E-state index is 0.216. The van der Waals surface area contributed by atoms with Crippen LogP contribution in [0.15, 0.2) is 6.33 Å². The third-order valence-corrected chi connectivity index (χ3v) is 3.65. The summed E-state index contributed by atoms with van der Waals surface area (Å²) >= 11 is 5.91. The lowest BCUT2D eigenvalue weighted by molar-refractivity contribution is 0.304. The number of fused-ring (bicyclic) bond motifs is 1. The third-order valence-electron chi connectivity index (χ3n) is 3.48. The van der Waals surface area contributed by atoms with E-state index in [-0.39, 0.29) is 5.28 Å². The lowest BCUT2D eigenvalue weighted by Crippen LogP contribution is -2.25. The van der Waals surface area contributed by atoms with Crippen LogP contribution in [0, 0.1) is 17.8 Å². The first-order valence-corrected chi connectivity index (χ1v) is 6.97. The van der Waals surface area contributed by atoms with E-state index < -0.39 is 0 Å². The Bertz CT molecular complexity index is 541. The average molecular weight is 282 g/mol. The first-order valence-electron chi connectivity index (χ1n) is 6.59. The minimum absolute atomic E-state index is 0.216. The molecule has 2 heterocycles. The Morgan fingerprint density at radius 1 is 1.21 bits per heavy atom. The minimum Gasteiger partial charge on any atom is -0.368 e. The number of aromatic nitrogens is 4. The molecule has 6 heteroatoms. The zero-order valence-corrected chi connectivity index (χ0v) is 12.5. The van der Waals surface area contributed by atoms with Crippen molar-refractivity contribution in [2.75, 3.05) is 11.9 Å². The van der Waals surface area contributed by atoms with E-state index in [4.69, 9.17) is 11.6 Å². The van der Waals surface area contributed by atoms with Gasteiger partial charge in [0, 0.05) is 6.54 Å². The normalized spacial score (nSPS) is 12.0. The molecular formula is C13H20ClN5. The number of imidazole rings is 1. The van der Waals surface area contributed by atoms with E-state index in [1.54, 1.807) is 6.33 Å². The second-order valence-electron chi connectivity index (χ2n) is 5.48. The molecule has 0 aliphatic carbocycles. The standard InChI is InChI=1S/C13H20ClN5/c1-7(2)9(8(3)4)5-15-11-10-12(17-6-16-10)19-13(14)18-11/h6-9H,5H2,1-4H3,(H2,15,16,17,18,19). The summed E-state index contributed by atoms with van der Waals surface area (Å²) in [4.78, 5) is 15.4. The van der Waals surface area contributed by atoms with Crippen molar-refractivity contribution < 1.29 is 0 Å². The summed E-state index contributed by atoms with van der Waals surface area (Å²) in [6.07, 6.45) is 1.60. The number of anilines is 1. The lowest BCUT2D eigenvalue weighted by Gasteiger charge is -2.25. The highest BCUT2D eigenvalue weighted by Crippen LogP contribution is 2.23. The van der Waals surface area contributed by atoms with Crippen LogP contribution in [0.5, 0.6) is 0 Å². The first-order chi connectivity index (χ1) is 8.99. The first kappa shape index (κ1) is 14.1. The fourth-order valence-electron chi connectivity index (χ4n) is 2.39. The number of hydrogen-bond acceptors (Lipinski definition) is 4. The van der Waals surface area contributed by atoms with Crippen molar-refractivity contribution in [3.63, 3.8) is 0 Å². The molecule has 19 heavy (non-hydrogen) atoms. The largest absolute Gasteiger partial charge is 0.368 e. The Balaban J connectivity index is 2.19. The van der Waals surface area contributed by atoms with Gasteiger partial charge in [-0.05, 0) is 29.4 Å². The maximum Gasteiger partial charge on any atom is 0.226 e. The molecule has 2 aromatic rings. The van der Waals surface area contributed by atoms with Crippen molar-refractivity contribution in [3.05, 3.63) is 11.6 Å². The molecule has 0 saturated carbocycles. The highest BCUT2D eigenvalue weighted by atomic mass is 35.5. The Hall–Kier alpha value is -1.36. The Labute approximate surface area is 118 Å². The van der Waals surface area contributed by atoms with E-state index in [0.717, 1.165) is 17.9 Å². The van der Waals surface area contributed by atoms with Crippen molar-refractivity contribution in [1.29, 1.82) is 0 Å². The molecule has 0 bridgehead atoms. The van der Waals surface area contributed by atoms with Crippen molar-refractivity contribution >= 4 is 28.6 Å². The van der Waals surface area contributed by atoms with Crippen LogP contribution < -0.4 is 5.32 Å². The summed E-state index contributed by atoms with van der Waals surface area (Å²) in [5.74, 6) is 2.52. The zero-order chi connectivity index (χ0) is 14.0. The van der Waals surface area contributed by atoms with Crippen molar-refractivity contribution in [2.24, 2.45) is 17.8 Å². The molecule has 0 aliphatic rings. The third kappa shape index (κ3) is 3.15. The van der Waals surface area contributed by atoms with Gasteiger partial charge in [0.1, 0.15) is 5.52 Å². The Morgan fingerprint density at radius 3 is 2.53 bits per heavy atom. The molecule has 0 fully saturated rings. The highest BCUT2D eigenvalue weighted by molar-refractivity contribution is 6.28. The van der Waals surface area contributed by atoms with Gasteiger partial charge in [0.15, 0.2) is 11.5 Å². The maximum atomic E-state index is 5.91. The van der Waals surface area contributed by atoms with Crippen LogP contribution in [-0.2, 0) is 0 Å². The molecule has 0 unspecified atom stereocenters. The second kappa shape index (κ2) is 5.74. The van der Waals surface area contributed by atoms with Crippen molar-refractivity contribution in [1.82, 2.24) is 19.9 Å². The smallest absolute Gasteiger partial charge is 0.226 e. The van der Waals surface area contributed by atoms with Crippen molar-refractivity contribution in [2.45, 2.75) is 27.7 Å². The zero-order valence-electron chi connectivity index (χ0n) is 11.7. The molecule has 0 saturated heterocycles. The topological polar surface area (TPSA) is 66.5 Å². The predicted octanol–water partition coefficient (Wildman–Crippen LogP) is 3.35. The molecule has 0 spiro atoms. The summed E-state index contributed by atoms with van der Waals surface area (Å²) in [6.45, 7) is 9.82. The summed E-state index contributed by atoms with van der Waals surface area (Å²) in [5.41, 5.74) is 1.39. The maximum absolute atomic E-state index is 5.91. The molecule has 0 aliphatic heterocycles. The molecule has 5 nitrogen and oxygen atoms in total. The lowest BCUT2D eigenvalue weighted by atomic mass is 9.85. The van der Waals surface area contributed by atoms with Gasteiger partial charge in [0.2, 0.25) is 5.28 Å². The number of nitrogens with one attached hydrogen (secondary N) is 2. The van der Waals surface area contributed by atoms with Gasteiger partial charge < -0.3 is 10.3 Å². The van der Waals surface area contributed by atoms with E-state index in [0.29, 0.717) is 23.4 Å². The van der Waals surface area contributed by atoms with E-state index in [9.17, 15) is 0 Å². The van der Waals surface area contributed by atoms with Crippen LogP contribution in [0.3, 0.4) is 0 Å². The second-order valence-corrected chi connectivity index (χ2v) is 5.81. The van der Waals surface area contributed by atoms with E-state index in [1.807, 2.05) is 0 Å². The fraction of sp³-hybridized carbons (Fsp3) is 0.615. The van der Waals surface area contributed by atoms with Crippen LogP contribution in [0.25, 0.3) is 11.2 Å². The van der Waals surface area contributed by atoms with Gasteiger partial charge in [0.25, 0.3) is 0 Å². The molecule has 2 N–H and O–H groups in total. The number of rotatable bonds is 5. The summed E-state index contributed by atoms with van der Waals surface area (Å²) in [6, 6.07) is 0. The van der Waals surface area contributed by atoms with Gasteiger partial charge in [-0.1, -0.05) is 27.7 Å². The van der Waals surface area contributed by atoms with Gasteiger partial charge in [-0.3, -0.25) is 0 Å². The summed E-state index contributed by atoms with van der Waals surface area (Å²) < 4.78 is 0. The van der Waals surface area contributed by atoms with Gasteiger partial charge in [-0.25, -0.2) is 4.98 Å². The monoisotopic (exact) mass is 281 g/mol. The molecule has 0 radical (unpaired) electrons. The van der Waals surface area contributed by atoms with E-state index >= 15 is 0 Å². The van der Waals surface area contributed by atoms with Crippen LogP contribution >= 0.6 is 11.6 Å². The van der Waals surface area contributed by atoms with Gasteiger partial charge in [-0.2, -0.15) is 9.97 Å². The average Bonchev–Trinajstić information content (AvgIpc) is 2.75. The molecule has 104 valence electrons. The molecule has 0 amide bonds.